The molecule has 0 radical (unpaired) electrons. The minimum absolute atomic E-state index is 0.0816. The van der Waals surface area contributed by atoms with E-state index in [1.807, 2.05) is 18.2 Å². The number of rotatable bonds is 4. The third-order valence-corrected chi connectivity index (χ3v) is 8.58. The lowest BCUT2D eigenvalue weighted by Crippen LogP contribution is -2.44. The van der Waals surface area contributed by atoms with Gasteiger partial charge in [-0.25, -0.2) is 0 Å². The Hall–Kier alpha value is -3.17. The number of hydrogen-bond donors (Lipinski definition) is 0. The fourth-order valence-corrected chi connectivity index (χ4v) is 7.30. The number of ketones is 1. The SMILES string of the molecule is COc1ccc([C@@H]2N3CCC[C@H]3[C@H](c3ccccc3)[C@]23CCC/C(=C\c2ccccc2)C3=O)cc1. The van der Waals surface area contributed by atoms with Gasteiger partial charge in [0.25, 0.3) is 0 Å². The van der Waals surface area contributed by atoms with E-state index in [0.29, 0.717) is 11.8 Å². The first-order chi connectivity index (χ1) is 17.2. The summed E-state index contributed by atoms with van der Waals surface area (Å²) in [7, 11) is 1.71. The fourth-order valence-electron chi connectivity index (χ4n) is 7.30. The van der Waals surface area contributed by atoms with Gasteiger partial charge in [-0.3, -0.25) is 9.69 Å². The van der Waals surface area contributed by atoms with E-state index in [1.165, 1.54) is 17.5 Å². The second kappa shape index (κ2) is 9.13. The van der Waals surface area contributed by atoms with Crippen molar-refractivity contribution < 1.29 is 9.53 Å². The second-order valence-corrected chi connectivity index (χ2v) is 10.3. The zero-order chi connectivity index (χ0) is 23.8. The van der Waals surface area contributed by atoms with Crippen molar-refractivity contribution in [2.45, 2.75) is 50.1 Å². The molecule has 3 aromatic carbocycles. The molecule has 0 amide bonds. The summed E-state index contributed by atoms with van der Waals surface area (Å²) in [5.74, 6) is 1.42. The molecule has 6 rings (SSSR count). The van der Waals surface area contributed by atoms with Crippen LogP contribution in [0.2, 0.25) is 0 Å². The van der Waals surface area contributed by atoms with Crippen LogP contribution in [0.25, 0.3) is 6.08 Å². The maximum atomic E-state index is 14.8. The van der Waals surface area contributed by atoms with Gasteiger partial charge in [0.15, 0.2) is 5.78 Å². The van der Waals surface area contributed by atoms with Gasteiger partial charge in [-0.2, -0.15) is 0 Å². The van der Waals surface area contributed by atoms with Crippen LogP contribution in [0.5, 0.6) is 5.75 Å². The molecule has 2 saturated heterocycles. The van der Waals surface area contributed by atoms with E-state index in [2.05, 4.69) is 77.7 Å². The lowest BCUT2D eigenvalue weighted by Gasteiger charge is -2.44. The highest BCUT2D eigenvalue weighted by Gasteiger charge is 2.65. The standard InChI is InChI=1S/C32H33NO2/c1-35-27-18-16-25(17-19-27)30-32(20-8-14-26(31(32)34)22-23-10-4-2-5-11-23)29(24-12-6-3-7-13-24)28-15-9-21-33(28)30/h2-7,10-13,16-19,22,28-30H,8-9,14-15,20-21H2,1H3/b26-22+/t28-,29-,30-,32+/m0/s1. The van der Waals surface area contributed by atoms with Crippen molar-refractivity contribution in [1.82, 2.24) is 4.90 Å². The van der Waals surface area contributed by atoms with Crippen molar-refractivity contribution in [3.05, 3.63) is 107 Å². The van der Waals surface area contributed by atoms with Gasteiger partial charge in [0, 0.05) is 18.0 Å². The first-order valence-corrected chi connectivity index (χ1v) is 13.0. The Morgan fingerprint density at radius 1 is 0.886 bits per heavy atom. The average molecular weight is 464 g/mol. The molecule has 0 N–H and O–H groups in total. The van der Waals surface area contributed by atoms with Crippen LogP contribution < -0.4 is 4.74 Å². The summed E-state index contributed by atoms with van der Waals surface area (Å²) in [6, 6.07) is 30.2. The molecule has 4 atom stereocenters. The van der Waals surface area contributed by atoms with Crippen LogP contribution in [0.15, 0.2) is 90.5 Å². The van der Waals surface area contributed by atoms with Gasteiger partial charge in [-0.1, -0.05) is 72.8 Å². The van der Waals surface area contributed by atoms with E-state index >= 15 is 0 Å². The van der Waals surface area contributed by atoms with Crippen LogP contribution in [-0.4, -0.2) is 30.4 Å². The molecule has 3 aromatic rings. The maximum absolute atomic E-state index is 14.8. The van der Waals surface area contributed by atoms with Crippen molar-refractivity contribution in [3.8, 4) is 5.75 Å². The molecule has 35 heavy (non-hydrogen) atoms. The van der Waals surface area contributed by atoms with E-state index in [4.69, 9.17) is 4.74 Å². The number of benzene rings is 3. The largest absolute Gasteiger partial charge is 0.497 e. The van der Waals surface area contributed by atoms with Gasteiger partial charge in [0.1, 0.15) is 5.75 Å². The van der Waals surface area contributed by atoms with Gasteiger partial charge >= 0.3 is 0 Å². The number of Topliss-reactive ketones (excluding diaryl/α,β-unsaturated/α-hetero) is 1. The third-order valence-electron chi connectivity index (χ3n) is 8.58. The summed E-state index contributed by atoms with van der Waals surface area (Å²) in [4.78, 5) is 17.4. The lowest BCUT2D eigenvalue weighted by atomic mass is 9.57. The van der Waals surface area contributed by atoms with Crippen molar-refractivity contribution >= 4 is 11.9 Å². The average Bonchev–Trinajstić information content (AvgIpc) is 3.47. The molecule has 1 aliphatic carbocycles. The normalized spacial score (nSPS) is 29.6. The summed E-state index contributed by atoms with van der Waals surface area (Å²) in [6.45, 7) is 1.05. The van der Waals surface area contributed by atoms with Crippen LogP contribution >= 0.6 is 0 Å². The number of ether oxygens (including phenoxy) is 1. The van der Waals surface area contributed by atoms with Gasteiger partial charge in [0.2, 0.25) is 0 Å². The van der Waals surface area contributed by atoms with E-state index in [0.717, 1.165) is 49.1 Å². The zero-order valence-electron chi connectivity index (χ0n) is 20.4. The fraction of sp³-hybridized carbons (Fsp3) is 0.344. The smallest absolute Gasteiger partial charge is 0.167 e. The number of hydrogen-bond acceptors (Lipinski definition) is 3. The topological polar surface area (TPSA) is 29.5 Å². The molecular formula is C32H33NO2. The zero-order valence-corrected chi connectivity index (χ0v) is 20.4. The minimum atomic E-state index is -0.458. The first-order valence-electron chi connectivity index (χ1n) is 13.0. The Labute approximate surface area is 208 Å². The number of fused-ring (bicyclic) bond motifs is 1. The number of carbonyl (C=O) groups excluding carboxylic acids is 1. The van der Waals surface area contributed by atoms with E-state index in [9.17, 15) is 4.79 Å². The van der Waals surface area contributed by atoms with Gasteiger partial charge in [0.05, 0.1) is 12.5 Å². The van der Waals surface area contributed by atoms with E-state index in [1.54, 1.807) is 7.11 Å². The monoisotopic (exact) mass is 463 g/mol. The van der Waals surface area contributed by atoms with Crippen LogP contribution in [0.4, 0.5) is 0 Å². The molecule has 1 saturated carbocycles. The first kappa shape index (κ1) is 22.3. The summed E-state index contributed by atoms with van der Waals surface area (Å²) in [5.41, 5.74) is 4.20. The van der Waals surface area contributed by atoms with Crippen LogP contribution in [0.1, 0.15) is 60.8 Å². The van der Waals surface area contributed by atoms with Crippen molar-refractivity contribution in [1.29, 1.82) is 0 Å². The Balaban J connectivity index is 1.53. The molecule has 0 aromatic heterocycles. The molecule has 0 unspecified atom stereocenters. The molecule has 3 fully saturated rings. The third kappa shape index (κ3) is 3.65. The lowest BCUT2D eigenvalue weighted by molar-refractivity contribution is -0.129. The predicted molar refractivity (Wildman–Crippen MR) is 140 cm³/mol. The van der Waals surface area contributed by atoms with E-state index < -0.39 is 5.41 Å². The van der Waals surface area contributed by atoms with Gasteiger partial charge < -0.3 is 4.74 Å². The highest BCUT2D eigenvalue weighted by Crippen LogP contribution is 2.65. The van der Waals surface area contributed by atoms with Crippen LogP contribution in [-0.2, 0) is 4.79 Å². The van der Waals surface area contributed by atoms with Crippen LogP contribution in [0, 0.1) is 5.41 Å². The summed E-state index contributed by atoms with van der Waals surface area (Å²) in [6.07, 6.45) is 7.33. The van der Waals surface area contributed by atoms with Gasteiger partial charge in [-0.05, 0) is 79.1 Å². The minimum Gasteiger partial charge on any atom is -0.497 e. The molecule has 3 aliphatic rings. The molecule has 3 nitrogen and oxygen atoms in total. The molecule has 0 bridgehead atoms. The highest BCUT2D eigenvalue weighted by molar-refractivity contribution is 6.05. The number of methoxy groups -OCH3 is 1. The summed E-state index contributed by atoms with van der Waals surface area (Å²) < 4.78 is 5.46. The highest BCUT2D eigenvalue weighted by atomic mass is 16.5. The van der Waals surface area contributed by atoms with Crippen molar-refractivity contribution in [3.63, 3.8) is 0 Å². The second-order valence-electron chi connectivity index (χ2n) is 10.3. The molecule has 1 spiro atoms. The van der Waals surface area contributed by atoms with Gasteiger partial charge in [-0.15, -0.1) is 0 Å². The quantitative estimate of drug-likeness (QED) is 0.398. The molecule has 2 aliphatic heterocycles. The van der Waals surface area contributed by atoms with E-state index in [-0.39, 0.29) is 12.0 Å². The Morgan fingerprint density at radius 3 is 2.31 bits per heavy atom. The van der Waals surface area contributed by atoms with Crippen molar-refractivity contribution in [2.75, 3.05) is 13.7 Å². The summed E-state index contributed by atoms with van der Waals surface area (Å²) in [5, 5.41) is 0. The predicted octanol–water partition coefficient (Wildman–Crippen LogP) is 6.82. The maximum Gasteiger partial charge on any atom is 0.167 e. The molecular weight excluding hydrogens is 430 g/mol. The Morgan fingerprint density at radius 2 is 1.60 bits per heavy atom. The number of allylic oxidation sites excluding steroid dienone is 1. The van der Waals surface area contributed by atoms with Crippen molar-refractivity contribution in [2.24, 2.45) is 5.41 Å². The molecule has 3 heteroatoms. The Bertz CT molecular complexity index is 1220. The molecule has 2 heterocycles. The molecule has 178 valence electrons. The number of carbonyl (C=O) groups is 1. The Kier molecular flexibility index (Phi) is 5.82. The number of nitrogens with zero attached hydrogens (tertiary/aromatic N) is 1. The van der Waals surface area contributed by atoms with Crippen LogP contribution in [0.3, 0.4) is 0 Å². The summed E-state index contributed by atoms with van der Waals surface area (Å²) >= 11 is 0.